The first-order valence-corrected chi connectivity index (χ1v) is 10.6. The van der Waals surface area contributed by atoms with Crippen molar-refractivity contribution in [1.29, 1.82) is 0 Å². The van der Waals surface area contributed by atoms with E-state index in [2.05, 4.69) is 17.2 Å². The molecule has 1 aromatic carbocycles. The Bertz CT molecular complexity index is 853. The molecule has 2 N–H and O–H groups in total. The Morgan fingerprint density at radius 1 is 1.30 bits per heavy atom. The van der Waals surface area contributed by atoms with E-state index in [4.69, 9.17) is 16.3 Å². The lowest BCUT2D eigenvalue weighted by Crippen LogP contribution is -2.41. The van der Waals surface area contributed by atoms with Gasteiger partial charge in [0.15, 0.2) is 0 Å². The molecule has 0 aliphatic carbocycles. The quantitative estimate of drug-likeness (QED) is 0.501. The molecule has 0 radical (unpaired) electrons. The zero-order valence-corrected chi connectivity index (χ0v) is 18.0. The number of nitrogens with one attached hydrogen (secondary N) is 2. The number of carbonyl (C=O) groups excluding carboxylic acids is 2. The number of hydrogen-bond donors (Lipinski definition) is 2. The number of ether oxygens (including phenoxy) is 1. The highest BCUT2D eigenvalue weighted by atomic mass is 35.5. The monoisotopic (exact) mass is 429 g/mol. The molecule has 0 atom stereocenters. The molecule has 3 rings (SSSR count). The van der Waals surface area contributed by atoms with E-state index in [1.54, 1.807) is 30.3 Å². The fraction of sp³-hybridized carbons (Fsp3) is 0.391. The Hall–Kier alpha value is -2.73. The summed E-state index contributed by atoms with van der Waals surface area (Å²) in [5.41, 5.74) is 2.67. The molecule has 7 heteroatoms. The highest BCUT2D eigenvalue weighted by Gasteiger charge is 2.23. The first-order chi connectivity index (χ1) is 14.4. The van der Waals surface area contributed by atoms with Crippen molar-refractivity contribution in [3.8, 4) is 0 Å². The second kappa shape index (κ2) is 10.3. The molecule has 1 aromatic rings. The Balaban J connectivity index is 1.46. The minimum atomic E-state index is -0.0925. The zero-order valence-electron chi connectivity index (χ0n) is 17.2. The maximum Gasteiger partial charge on any atom is 0.321 e. The molecule has 0 aromatic heterocycles. The molecule has 3 amide bonds. The van der Waals surface area contributed by atoms with Crippen LogP contribution in [0.1, 0.15) is 32.6 Å². The molecular weight excluding hydrogens is 402 g/mol. The SMILES string of the molecule is C=CC(=CC1=C(C)NC(=O)CC1)OCC1CCN(C(=O)Nc2ccc(Cl)cc2)CC1. The van der Waals surface area contributed by atoms with Gasteiger partial charge in [0, 0.05) is 35.9 Å². The number of nitrogens with zero attached hydrogens (tertiary/aromatic N) is 1. The number of rotatable bonds is 6. The van der Waals surface area contributed by atoms with Crippen LogP contribution in [0, 0.1) is 5.92 Å². The van der Waals surface area contributed by atoms with Crippen LogP contribution in [0.2, 0.25) is 5.02 Å². The van der Waals surface area contributed by atoms with Crippen molar-refractivity contribution >= 4 is 29.2 Å². The number of anilines is 1. The molecule has 6 nitrogen and oxygen atoms in total. The van der Waals surface area contributed by atoms with Crippen LogP contribution in [0.15, 0.2) is 60.0 Å². The summed E-state index contributed by atoms with van der Waals surface area (Å²) < 4.78 is 5.98. The number of carbonyl (C=O) groups is 2. The number of allylic oxidation sites excluding steroid dienone is 4. The van der Waals surface area contributed by atoms with Gasteiger partial charge in [0.1, 0.15) is 5.76 Å². The average Bonchev–Trinajstić information content (AvgIpc) is 2.74. The number of hydrogen-bond acceptors (Lipinski definition) is 3. The zero-order chi connectivity index (χ0) is 21.5. The number of likely N-dealkylation sites (tertiary alicyclic amines) is 1. The molecule has 0 saturated carbocycles. The smallest absolute Gasteiger partial charge is 0.321 e. The summed E-state index contributed by atoms with van der Waals surface area (Å²) in [6, 6.07) is 7.00. The fourth-order valence-electron chi connectivity index (χ4n) is 3.55. The topological polar surface area (TPSA) is 70.7 Å². The lowest BCUT2D eigenvalue weighted by Gasteiger charge is -2.32. The van der Waals surface area contributed by atoms with Gasteiger partial charge in [-0.1, -0.05) is 18.2 Å². The van der Waals surface area contributed by atoms with Gasteiger partial charge in [-0.15, -0.1) is 0 Å². The third-order valence-electron chi connectivity index (χ3n) is 5.43. The predicted octanol–water partition coefficient (Wildman–Crippen LogP) is 4.85. The maximum absolute atomic E-state index is 12.4. The van der Waals surface area contributed by atoms with Gasteiger partial charge in [-0.2, -0.15) is 0 Å². The third kappa shape index (κ3) is 6.13. The van der Waals surface area contributed by atoms with Crippen LogP contribution in [0.5, 0.6) is 0 Å². The molecule has 2 heterocycles. The predicted molar refractivity (Wildman–Crippen MR) is 119 cm³/mol. The van der Waals surface area contributed by atoms with Gasteiger partial charge in [0.2, 0.25) is 5.91 Å². The number of benzene rings is 1. The third-order valence-corrected chi connectivity index (χ3v) is 5.68. The van der Waals surface area contributed by atoms with Gasteiger partial charge in [-0.3, -0.25) is 4.79 Å². The molecule has 0 unspecified atom stereocenters. The number of piperidine rings is 1. The van der Waals surface area contributed by atoms with Crippen molar-refractivity contribution in [3.05, 3.63) is 65.0 Å². The van der Waals surface area contributed by atoms with Crippen LogP contribution in [0.4, 0.5) is 10.5 Å². The highest BCUT2D eigenvalue weighted by molar-refractivity contribution is 6.30. The van der Waals surface area contributed by atoms with Crippen molar-refractivity contribution in [3.63, 3.8) is 0 Å². The molecule has 1 fully saturated rings. The summed E-state index contributed by atoms with van der Waals surface area (Å²) >= 11 is 5.88. The van der Waals surface area contributed by atoms with Crippen molar-refractivity contribution in [2.75, 3.05) is 25.0 Å². The van der Waals surface area contributed by atoms with Crippen LogP contribution in [0.25, 0.3) is 0 Å². The first kappa shape index (κ1) is 22.0. The van der Waals surface area contributed by atoms with Crippen LogP contribution in [-0.4, -0.2) is 36.5 Å². The minimum absolute atomic E-state index is 0.0533. The molecule has 30 heavy (non-hydrogen) atoms. The van der Waals surface area contributed by atoms with E-state index in [1.807, 2.05) is 17.9 Å². The molecule has 2 aliphatic rings. The van der Waals surface area contributed by atoms with Crippen LogP contribution in [-0.2, 0) is 9.53 Å². The van der Waals surface area contributed by atoms with Gasteiger partial charge in [-0.25, -0.2) is 4.79 Å². The van der Waals surface area contributed by atoms with E-state index in [-0.39, 0.29) is 11.9 Å². The summed E-state index contributed by atoms with van der Waals surface area (Å²) in [6.45, 7) is 7.70. The van der Waals surface area contributed by atoms with Gasteiger partial charge < -0.3 is 20.3 Å². The van der Waals surface area contributed by atoms with Crippen LogP contribution < -0.4 is 10.6 Å². The maximum atomic E-state index is 12.4. The Labute approximate surface area is 182 Å². The van der Waals surface area contributed by atoms with Gasteiger partial charge >= 0.3 is 6.03 Å². The van der Waals surface area contributed by atoms with Crippen LogP contribution >= 0.6 is 11.6 Å². The van der Waals surface area contributed by atoms with Crippen molar-refractivity contribution in [2.24, 2.45) is 5.92 Å². The molecule has 0 bridgehead atoms. The number of amides is 3. The van der Waals surface area contributed by atoms with E-state index >= 15 is 0 Å². The summed E-state index contributed by atoms with van der Waals surface area (Å²) in [5.74, 6) is 1.15. The minimum Gasteiger partial charge on any atom is -0.493 e. The highest BCUT2D eigenvalue weighted by Crippen LogP contribution is 2.22. The summed E-state index contributed by atoms with van der Waals surface area (Å²) in [4.78, 5) is 25.7. The van der Waals surface area contributed by atoms with E-state index in [0.717, 1.165) is 29.8 Å². The lowest BCUT2D eigenvalue weighted by atomic mass is 9.98. The molecular formula is C23H28ClN3O3. The van der Waals surface area contributed by atoms with E-state index in [9.17, 15) is 9.59 Å². The van der Waals surface area contributed by atoms with Crippen LogP contribution in [0.3, 0.4) is 0 Å². The second-order valence-electron chi connectivity index (χ2n) is 7.63. The normalized spacial score (nSPS) is 18.1. The van der Waals surface area contributed by atoms with E-state index in [0.29, 0.717) is 49.2 Å². The van der Waals surface area contributed by atoms with Gasteiger partial charge in [-0.05, 0) is 74.1 Å². The molecule has 2 aliphatic heterocycles. The summed E-state index contributed by atoms with van der Waals surface area (Å²) in [6.07, 6.45) is 6.62. The molecule has 160 valence electrons. The van der Waals surface area contributed by atoms with E-state index in [1.165, 1.54) is 0 Å². The summed E-state index contributed by atoms with van der Waals surface area (Å²) in [7, 11) is 0. The Morgan fingerprint density at radius 2 is 2.00 bits per heavy atom. The first-order valence-electron chi connectivity index (χ1n) is 10.2. The standard InChI is InChI=1S/C23H28ClN3O3/c1-3-21(14-18-4-9-22(28)25-16(18)2)30-15-17-10-12-27(13-11-17)23(29)26-20-7-5-19(24)6-8-20/h3,5-8,14,17H,1,4,9-13,15H2,2H3,(H,25,28)(H,26,29). The number of urea groups is 1. The largest absolute Gasteiger partial charge is 0.493 e. The second-order valence-corrected chi connectivity index (χ2v) is 8.06. The van der Waals surface area contributed by atoms with Crippen molar-refractivity contribution in [2.45, 2.75) is 32.6 Å². The van der Waals surface area contributed by atoms with Gasteiger partial charge in [0.05, 0.1) is 6.61 Å². The van der Waals surface area contributed by atoms with E-state index < -0.39 is 0 Å². The fourth-order valence-corrected chi connectivity index (χ4v) is 3.68. The average molecular weight is 430 g/mol. The molecule has 0 spiro atoms. The molecule has 1 saturated heterocycles. The van der Waals surface area contributed by atoms with Gasteiger partial charge in [0.25, 0.3) is 0 Å². The summed E-state index contributed by atoms with van der Waals surface area (Å²) in [5, 5.41) is 6.40. The van der Waals surface area contributed by atoms with Crippen molar-refractivity contribution in [1.82, 2.24) is 10.2 Å². The number of halogens is 1. The lowest BCUT2D eigenvalue weighted by molar-refractivity contribution is -0.120. The Morgan fingerprint density at radius 3 is 2.63 bits per heavy atom. The Kier molecular flexibility index (Phi) is 7.57. The van der Waals surface area contributed by atoms with Crippen molar-refractivity contribution < 1.29 is 14.3 Å².